The molecule has 0 saturated heterocycles. The van der Waals surface area contributed by atoms with E-state index in [4.69, 9.17) is 4.74 Å². The lowest BCUT2D eigenvalue weighted by atomic mass is 10.2. The van der Waals surface area contributed by atoms with Gasteiger partial charge in [-0.05, 0) is 31.5 Å². The average molecular weight is 319 g/mol. The smallest absolute Gasteiger partial charge is 0.261 e. The SMILES string of the molecule is CC(C)N(Cc1ccccc1)C(=O)COc1ccc(F)cc1F. The van der Waals surface area contributed by atoms with Crippen LogP contribution < -0.4 is 4.74 Å². The number of benzene rings is 2. The van der Waals surface area contributed by atoms with E-state index in [0.29, 0.717) is 6.54 Å². The lowest BCUT2D eigenvalue weighted by Crippen LogP contribution is -2.39. The number of amides is 1. The van der Waals surface area contributed by atoms with Crippen LogP contribution in [0.25, 0.3) is 0 Å². The Hall–Kier alpha value is -2.43. The van der Waals surface area contributed by atoms with E-state index in [0.717, 1.165) is 17.7 Å². The highest BCUT2D eigenvalue weighted by Gasteiger charge is 2.18. The maximum atomic E-state index is 13.5. The van der Waals surface area contributed by atoms with E-state index in [1.54, 1.807) is 4.90 Å². The summed E-state index contributed by atoms with van der Waals surface area (Å²) >= 11 is 0. The molecular weight excluding hydrogens is 300 g/mol. The number of halogens is 2. The molecule has 2 rings (SSSR count). The third-order valence-corrected chi connectivity index (χ3v) is 3.38. The third kappa shape index (κ3) is 4.77. The van der Waals surface area contributed by atoms with Crippen LogP contribution in [0.2, 0.25) is 0 Å². The van der Waals surface area contributed by atoms with Gasteiger partial charge in [-0.2, -0.15) is 0 Å². The minimum atomic E-state index is -0.822. The Labute approximate surface area is 134 Å². The molecule has 0 N–H and O–H groups in total. The van der Waals surface area contributed by atoms with Crippen molar-refractivity contribution in [2.45, 2.75) is 26.4 Å². The molecule has 5 heteroatoms. The molecule has 0 aliphatic carbocycles. The molecule has 0 spiro atoms. The average Bonchev–Trinajstić information content (AvgIpc) is 2.52. The molecular formula is C18H19F2NO2. The molecule has 0 unspecified atom stereocenters. The Morgan fingerprint density at radius 3 is 2.43 bits per heavy atom. The highest BCUT2D eigenvalue weighted by Crippen LogP contribution is 2.18. The molecule has 0 aromatic heterocycles. The number of carbonyl (C=O) groups is 1. The van der Waals surface area contributed by atoms with Gasteiger partial charge in [-0.3, -0.25) is 4.79 Å². The summed E-state index contributed by atoms with van der Waals surface area (Å²) in [4.78, 5) is 14.0. The molecule has 2 aromatic rings. The van der Waals surface area contributed by atoms with Crippen molar-refractivity contribution in [3.05, 3.63) is 65.7 Å². The van der Waals surface area contributed by atoms with Gasteiger partial charge in [-0.1, -0.05) is 30.3 Å². The van der Waals surface area contributed by atoms with E-state index >= 15 is 0 Å². The van der Waals surface area contributed by atoms with Crippen LogP contribution in [0.4, 0.5) is 8.78 Å². The maximum absolute atomic E-state index is 13.5. The first kappa shape index (κ1) is 16.9. The third-order valence-electron chi connectivity index (χ3n) is 3.38. The minimum Gasteiger partial charge on any atom is -0.481 e. The molecule has 0 fully saturated rings. The molecule has 2 aromatic carbocycles. The Balaban J connectivity index is 2.01. The Kier molecular flexibility index (Phi) is 5.68. The summed E-state index contributed by atoms with van der Waals surface area (Å²) in [6.45, 7) is 3.96. The van der Waals surface area contributed by atoms with Gasteiger partial charge in [0.1, 0.15) is 5.82 Å². The van der Waals surface area contributed by atoms with Crippen molar-refractivity contribution in [3.63, 3.8) is 0 Å². The second kappa shape index (κ2) is 7.72. The standard InChI is InChI=1S/C18H19F2NO2/c1-13(2)21(11-14-6-4-3-5-7-14)18(22)12-23-17-9-8-15(19)10-16(17)20/h3-10,13H,11-12H2,1-2H3. The molecule has 0 heterocycles. The van der Waals surface area contributed by atoms with Crippen molar-refractivity contribution in [2.24, 2.45) is 0 Å². The van der Waals surface area contributed by atoms with E-state index in [1.807, 2.05) is 44.2 Å². The molecule has 0 atom stereocenters. The molecule has 0 saturated carbocycles. The first-order valence-electron chi connectivity index (χ1n) is 7.38. The normalized spacial score (nSPS) is 10.7. The van der Waals surface area contributed by atoms with Crippen molar-refractivity contribution in [3.8, 4) is 5.75 Å². The first-order chi connectivity index (χ1) is 11.0. The number of hydrogen-bond donors (Lipinski definition) is 0. The largest absolute Gasteiger partial charge is 0.481 e. The van der Waals surface area contributed by atoms with Crippen LogP contribution in [0.3, 0.4) is 0 Å². The monoisotopic (exact) mass is 319 g/mol. The van der Waals surface area contributed by atoms with E-state index in [1.165, 1.54) is 6.07 Å². The number of rotatable bonds is 6. The van der Waals surface area contributed by atoms with Gasteiger partial charge in [0.25, 0.3) is 5.91 Å². The summed E-state index contributed by atoms with van der Waals surface area (Å²) in [5.41, 5.74) is 1.00. The maximum Gasteiger partial charge on any atom is 0.261 e. The van der Waals surface area contributed by atoms with E-state index in [2.05, 4.69) is 0 Å². The van der Waals surface area contributed by atoms with Gasteiger partial charge < -0.3 is 9.64 Å². The summed E-state index contributed by atoms with van der Waals surface area (Å²) in [6.07, 6.45) is 0. The zero-order valence-corrected chi connectivity index (χ0v) is 13.1. The zero-order valence-electron chi connectivity index (χ0n) is 13.1. The Bertz CT molecular complexity index is 659. The summed E-state index contributed by atoms with van der Waals surface area (Å²) in [5.74, 6) is -1.90. The van der Waals surface area contributed by atoms with Gasteiger partial charge in [0.2, 0.25) is 0 Å². The molecule has 0 bridgehead atoms. The van der Waals surface area contributed by atoms with E-state index < -0.39 is 11.6 Å². The highest BCUT2D eigenvalue weighted by molar-refractivity contribution is 5.78. The Morgan fingerprint density at radius 2 is 1.83 bits per heavy atom. The number of nitrogens with zero attached hydrogens (tertiary/aromatic N) is 1. The second-order valence-electron chi connectivity index (χ2n) is 5.46. The minimum absolute atomic E-state index is 0.0237. The van der Waals surface area contributed by atoms with Crippen molar-refractivity contribution in [2.75, 3.05) is 6.61 Å². The summed E-state index contributed by atoms with van der Waals surface area (Å²) < 4.78 is 31.6. The van der Waals surface area contributed by atoms with E-state index in [9.17, 15) is 13.6 Å². The topological polar surface area (TPSA) is 29.5 Å². The highest BCUT2D eigenvalue weighted by atomic mass is 19.1. The molecule has 122 valence electrons. The van der Waals surface area contributed by atoms with Crippen molar-refractivity contribution in [1.82, 2.24) is 4.90 Å². The number of carbonyl (C=O) groups excluding carboxylic acids is 1. The summed E-state index contributed by atoms with van der Waals surface area (Å²) in [7, 11) is 0. The quantitative estimate of drug-likeness (QED) is 0.811. The fraction of sp³-hybridized carbons (Fsp3) is 0.278. The summed E-state index contributed by atoms with van der Waals surface area (Å²) in [6, 6.07) is 12.6. The van der Waals surface area contributed by atoms with Gasteiger partial charge in [0.15, 0.2) is 18.2 Å². The predicted octanol–water partition coefficient (Wildman–Crippen LogP) is 3.78. The number of ether oxygens (including phenoxy) is 1. The van der Waals surface area contributed by atoms with Crippen molar-refractivity contribution >= 4 is 5.91 Å². The number of hydrogen-bond acceptors (Lipinski definition) is 2. The first-order valence-corrected chi connectivity index (χ1v) is 7.38. The van der Waals surface area contributed by atoms with Gasteiger partial charge in [-0.15, -0.1) is 0 Å². The molecule has 1 amide bonds. The van der Waals surface area contributed by atoms with Gasteiger partial charge >= 0.3 is 0 Å². The van der Waals surface area contributed by atoms with Gasteiger partial charge in [0, 0.05) is 18.7 Å². The molecule has 23 heavy (non-hydrogen) atoms. The van der Waals surface area contributed by atoms with Gasteiger partial charge in [-0.25, -0.2) is 8.78 Å². The van der Waals surface area contributed by atoms with Crippen LogP contribution in [0.1, 0.15) is 19.4 Å². The second-order valence-corrected chi connectivity index (χ2v) is 5.46. The zero-order chi connectivity index (χ0) is 16.8. The molecule has 0 radical (unpaired) electrons. The fourth-order valence-electron chi connectivity index (χ4n) is 2.15. The molecule has 0 aliphatic rings. The molecule has 0 aliphatic heterocycles. The lowest BCUT2D eigenvalue weighted by molar-refractivity contribution is -0.135. The van der Waals surface area contributed by atoms with Crippen molar-refractivity contribution < 1.29 is 18.3 Å². The van der Waals surface area contributed by atoms with Crippen LogP contribution in [0.15, 0.2) is 48.5 Å². The van der Waals surface area contributed by atoms with E-state index in [-0.39, 0.29) is 24.3 Å². The summed E-state index contributed by atoms with van der Waals surface area (Å²) in [5, 5.41) is 0. The van der Waals surface area contributed by atoms with Crippen LogP contribution in [-0.2, 0) is 11.3 Å². The Morgan fingerprint density at radius 1 is 1.13 bits per heavy atom. The predicted molar refractivity (Wildman–Crippen MR) is 84.0 cm³/mol. The van der Waals surface area contributed by atoms with Crippen molar-refractivity contribution in [1.29, 1.82) is 0 Å². The fourth-order valence-corrected chi connectivity index (χ4v) is 2.15. The van der Waals surface area contributed by atoms with Gasteiger partial charge in [0.05, 0.1) is 0 Å². The van der Waals surface area contributed by atoms with Crippen LogP contribution in [0.5, 0.6) is 5.75 Å². The van der Waals surface area contributed by atoms with Crippen LogP contribution in [0, 0.1) is 11.6 Å². The van der Waals surface area contributed by atoms with Crippen LogP contribution in [-0.4, -0.2) is 23.5 Å². The molecule has 3 nitrogen and oxygen atoms in total. The van der Waals surface area contributed by atoms with Crippen LogP contribution >= 0.6 is 0 Å². The lowest BCUT2D eigenvalue weighted by Gasteiger charge is -2.27.